The van der Waals surface area contributed by atoms with Gasteiger partial charge in [-0.25, -0.2) is 4.39 Å². The zero-order chi connectivity index (χ0) is 20.9. The fourth-order valence-electron chi connectivity index (χ4n) is 2.80. The Balaban J connectivity index is 1.47. The third kappa shape index (κ3) is 4.52. The number of nitrogens with one attached hydrogen (secondary N) is 1. The van der Waals surface area contributed by atoms with Gasteiger partial charge < -0.3 is 14.6 Å². The van der Waals surface area contributed by atoms with Crippen molar-refractivity contribution in [1.82, 2.24) is 10.1 Å². The molecule has 0 bridgehead atoms. The highest BCUT2D eigenvalue weighted by atomic mass is 19.1. The lowest BCUT2D eigenvalue weighted by Crippen LogP contribution is -2.20. The van der Waals surface area contributed by atoms with E-state index >= 15 is 0 Å². The Hall–Kier alpha value is -4.00. The van der Waals surface area contributed by atoms with Gasteiger partial charge in [-0.15, -0.1) is 0 Å². The number of benzene rings is 3. The minimum atomic E-state index is -0.346. The summed E-state index contributed by atoms with van der Waals surface area (Å²) in [5.41, 5.74) is 2.99. The predicted molar refractivity (Wildman–Crippen MR) is 110 cm³/mol. The SMILES string of the molecule is Cc1ccc(NC(=O)COc2ccccc2-c2noc(-c3ccc(F)cc3)n2)cc1. The second-order valence-corrected chi connectivity index (χ2v) is 6.63. The first kappa shape index (κ1) is 19.3. The standard InChI is InChI=1S/C23H18FN3O3/c1-15-6-12-18(13-7-15)25-21(28)14-29-20-5-3-2-4-19(20)22-26-23(30-27-22)16-8-10-17(24)11-9-16/h2-13H,14H2,1H3,(H,25,28). The van der Waals surface area contributed by atoms with Crippen LogP contribution in [0.2, 0.25) is 0 Å². The first-order chi connectivity index (χ1) is 14.6. The highest BCUT2D eigenvalue weighted by Crippen LogP contribution is 2.29. The number of aryl methyl sites for hydroxylation is 1. The number of rotatable bonds is 6. The first-order valence-electron chi connectivity index (χ1n) is 9.27. The van der Waals surface area contributed by atoms with Crippen molar-refractivity contribution in [2.75, 3.05) is 11.9 Å². The van der Waals surface area contributed by atoms with E-state index in [1.165, 1.54) is 12.1 Å². The summed E-state index contributed by atoms with van der Waals surface area (Å²) in [5, 5.41) is 6.77. The highest BCUT2D eigenvalue weighted by molar-refractivity contribution is 5.92. The Morgan fingerprint density at radius 1 is 1.03 bits per heavy atom. The molecule has 0 unspecified atom stereocenters. The summed E-state index contributed by atoms with van der Waals surface area (Å²) < 4.78 is 24.1. The molecule has 0 aliphatic heterocycles. The number of carbonyl (C=O) groups is 1. The monoisotopic (exact) mass is 403 g/mol. The van der Waals surface area contributed by atoms with Gasteiger partial charge in [0.25, 0.3) is 11.8 Å². The average Bonchev–Trinajstić information content (AvgIpc) is 3.25. The molecule has 0 saturated carbocycles. The molecule has 1 aromatic heterocycles. The molecule has 0 aliphatic carbocycles. The van der Waals surface area contributed by atoms with Crippen LogP contribution in [0.1, 0.15) is 5.56 Å². The van der Waals surface area contributed by atoms with Crippen LogP contribution in [-0.4, -0.2) is 22.7 Å². The average molecular weight is 403 g/mol. The Bertz CT molecular complexity index is 1160. The van der Waals surface area contributed by atoms with E-state index in [0.29, 0.717) is 28.4 Å². The van der Waals surface area contributed by atoms with E-state index in [2.05, 4.69) is 15.5 Å². The van der Waals surface area contributed by atoms with Crippen LogP contribution in [0.3, 0.4) is 0 Å². The molecule has 150 valence electrons. The Labute approximate surface area is 172 Å². The number of aromatic nitrogens is 2. The molecule has 3 aromatic carbocycles. The van der Waals surface area contributed by atoms with Gasteiger partial charge in [0.15, 0.2) is 6.61 Å². The lowest BCUT2D eigenvalue weighted by Gasteiger charge is -2.10. The summed E-state index contributed by atoms with van der Waals surface area (Å²) in [6.45, 7) is 1.80. The summed E-state index contributed by atoms with van der Waals surface area (Å²) in [4.78, 5) is 16.6. The van der Waals surface area contributed by atoms with Crippen molar-refractivity contribution in [1.29, 1.82) is 0 Å². The summed E-state index contributed by atoms with van der Waals surface area (Å²) >= 11 is 0. The van der Waals surface area contributed by atoms with Gasteiger partial charge in [-0.1, -0.05) is 35.0 Å². The molecule has 7 heteroatoms. The van der Waals surface area contributed by atoms with E-state index < -0.39 is 0 Å². The van der Waals surface area contributed by atoms with Crippen molar-refractivity contribution >= 4 is 11.6 Å². The van der Waals surface area contributed by atoms with E-state index in [9.17, 15) is 9.18 Å². The number of para-hydroxylation sites is 1. The van der Waals surface area contributed by atoms with Gasteiger partial charge >= 0.3 is 0 Å². The molecule has 6 nitrogen and oxygen atoms in total. The number of nitrogens with zero attached hydrogens (tertiary/aromatic N) is 2. The second kappa shape index (κ2) is 8.57. The van der Waals surface area contributed by atoms with Crippen molar-refractivity contribution in [3.8, 4) is 28.6 Å². The van der Waals surface area contributed by atoms with Crippen molar-refractivity contribution < 1.29 is 18.4 Å². The van der Waals surface area contributed by atoms with Crippen LogP contribution < -0.4 is 10.1 Å². The van der Waals surface area contributed by atoms with Gasteiger partial charge in [0, 0.05) is 11.3 Å². The maximum Gasteiger partial charge on any atom is 0.262 e. The minimum Gasteiger partial charge on any atom is -0.483 e. The fraction of sp³-hybridized carbons (Fsp3) is 0.0870. The predicted octanol–water partition coefficient (Wildman–Crippen LogP) is 4.87. The maximum absolute atomic E-state index is 13.1. The second-order valence-electron chi connectivity index (χ2n) is 6.63. The van der Waals surface area contributed by atoms with Crippen LogP contribution in [0.5, 0.6) is 5.75 Å². The Morgan fingerprint density at radius 2 is 1.77 bits per heavy atom. The topological polar surface area (TPSA) is 77.2 Å². The van der Waals surface area contributed by atoms with E-state index in [4.69, 9.17) is 9.26 Å². The van der Waals surface area contributed by atoms with Gasteiger partial charge in [0.2, 0.25) is 5.82 Å². The van der Waals surface area contributed by atoms with Crippen LogP contribution in [0.25, 0.3) is 22.8 Å². The molecule has 0 fully saturated rings. The van der Waals surface area contributed by atoms with E-state index in [0.717, 1.165) is 5.56 Å². The van der Waals surface area contributed by atoms with Crippen LogP contribution in [-0.2, 0) is 4.79 Å². The fourth-order valence-corrected chi connectivity index (χ4v) is 2.80. The molecule has 0 aliphatic rings. The van der Waals surface area contributed by atoms with Gasteiger partial charge in [-0.05, 0) is 55.5 Å². The molecule has 0 radical (unpaired) electrons. The zero-order valence-corrected chi connectivity index (χ0v) is 16.1. The van der Waals surface area contributed by atoms with E-state index in [-0.39, 0.29) is 24.2 Å². The molecule has 0 atom stereocenters. The molecular weight excluding hydrogens is 385 g/mol. The van der Waals surface area contributed by atoms with Gasteiger partial charge in [-0.2, -0.15) is 4.98 Å². The minimum absolute atomic E-state index is 0.173. The highest BCUT2D eigenvalue weighted by Gasteiger charge is 2.15. The van der Waals surface area contributed by atoms with E-state index in [1.54, 1.807) is 30.3 Å². The first-order valence-corrected chi connectivity index (χ1v) is 9.27. The number of hydrogen-bond acceptors (Lipinski definition) is 5. The number of hydrogen-bond donors (Lipinski definition) is 1. The Kier molecular flexibility index (Phi) is 5.52. The van der Waals surface area contributed by atoms with Gasteiger partial charge in [0.05, 0.1) is 5.56 Å². The summed E-state index contributed by atoms with van der Waals surface area (Å²) in [6, 6.07) is 20.4. The number of halogens is 1. The lowest BCUT2D eigenvalue weighted by atomic mass is 10.2. The molecule has 0 spiro atoms. The summed E-state index contributed by atoms with van der Waals surface area (Å²) in [5.74, 6) is 0.388. The molecule has 1 amide bonds. The number of carbonyl (C=O) groups excluding carboxylic acids is 1. The summed E-state index contributed by atoms with van der Waals surface area (Å²) in [6.07, 6.45) is 0. The number of ether oxygens (including phenoxy) is 1. The van der Waals surface area contributed by atoms with Gasteiger partial charge in [-0.3, -0.25) is 4.79 Å². The molecule has 4 rings (SSSR count). The van der Waals surface area contributed by atoms with Crippen LogP contribution in [0.15, 0.2) is 77.3 Å². The molecular formula is C23H18FN3O3. The smallest absolute Gasteiger partial charge is 0.262 e. The van der Waals surface area contributed by atoms with Crippen LogP contribution in [0.4, 0.5) is 10.1 Å². The van der Waals surface area contributed by atoms with Crippen LogP contribution in [0, 0.1) is 12.7 Å². The number of amides is 1. The van der Waals surface area contributed by atoms with Crippen molar-refractivity contribution in [3.05, 3.63) is 84.2 Å². The quantitative estimate of drug-likeness (QED) is 0.497. The third-order valence-electron chi connectivity index (χ3n) is 4.34. The largest absolute Gasteiger partial charge is 0.483 e. The summed E-state index contributed by atoms with van der Waals surface area (Å²) in [7, 11) is 0. The molecule has 30 heavy (non-hydrogen) atoms. The van der Waals surface area contributed by atoms with Crippen molar-refractivity contribution in [2.24, 2.45) is 0 Å². The van der Waals surface area contributed by atoms with E-state index in [1.807, 2.05) is 37.3 Å². The molecule has 1 N–H and O–H groups in total. The number of anilines is 1. The maximum atomic E-state index is 13.1. The van der Waals surface area contributed by atoms with Gasteiger partial charge in [0.1, 0.15) is 11.6 Å². The van der Waals surface area contributed by atoms with Crippen LogP contribution >= 0.6 is 0 Å². The Morgan fingerprint density at radius 3 is 2.53 bits per heavy atom. The third-order valence-corrected chi connectivity index (χ3v) is 4.34. The molecule has 4 aromatic rings. The zero-order valence-electron chi connectivity index (χ0n) is 16.1. The van der Waals surface area contributed by atoms with Crippen molar-refractivity contribution in [3.63, 3.8) is 0 Å². The molecule has 1 heterocycles. The normalized spacial score (nSPS) is 10.6. The molecule has 0 saturated heterocycles. The van der Waals surface area contributed by atoms with Crippen molar-refractivity contribution in [2.45, 2.75) is 6.92 Å². The lowest BCUT2D eigenvalue weighted by molar-refractivity contribution is -0.118.